The molecular weight excluding hydrogens is 492 g/mol. The third-order valence-electron chi connectivity index (χ3n) is 7.54. The molecule has 39 heavy (non-hydrogen) atoms. The molecule has 0 bridgehead atoms. The number of hydrogen-bond acceptors (Lipinski definition) is 6. The van der Waals surface area contributed by atoms with Crippen LogP contribution in [0, 0.1) is 11.8 Å². The molecule has 2 heterocycles. The summed E-state index contributed by atoms with van der Waals surface area (Å²) in [4.78, 5) is 43.4. The predicted molar refractivity (Wildman–Crippen MR) is 147 cm³/mol. The molecule has 3 atom stereocenters. The zero-order valence-electron chi connectivity index (χ0n) is 21.9. The monoisotopic (exact) mass is 524 g/mol. The molecule has 1 aliphatic heterocycles. The fraction of sp³-hybridized carbons (Fsp3) is 0.312. The lowest BCUT2D eigenvalue weighted by atomic mass is 9.81. The van der Waals surface area contributed by atoms with Crippen molar-refractivity contribution in [2.75, 3.05) is 5.32 Å². The Morgan fingerprint density at radius 2 is 1.77 bits per heavy atom. The van der Waals surface area contributed by atoms with Gasteiger partial charge in [-0.25, -0.2) is 4.79 Å². The van der Waals surface area contributed by atoms with E-state index < -0.39 is 29.5 Å². The lowest BCUT2D eigenvalue weighted by Gasteiger charge is -2.31. The average molecular weight is 525 g/mol. The first kappa shape index (κ1) is 26.4. The number of ketones is 1. The minimum absolute atomic E-state index is 0.0218. The van der Waals surface area contributed by atoms with E-state index in [0.29, 0.717) is 18.5 Å². The van der Waals surface area contributed by atoms with Crippen molar-refractivity contribution in [2.45, 2.75) is 51.0 Å². The van der Waals surface area contributed by atoms with Crippen LogP contribution in [0.3, 0.4) is 0 Å². The number of rotatable bonds is 10. The third kappa shape index (κ3) is 6.08. The van der Waals surface area contributed by atoms with Crippen LogP contribution in [0.5, 0.6) is 0 Å². The second kappa shape index (κ2) is 11.6. The number of aliphatic hydroxyl groups excluding tert-OH is 1. The summed E-state index contributed by atoms with van der Waals surface area (Å²) in [5.41, 5.74) is 3.25. The molecule has 2 aromatic carbocycles. The first-order valence-electron chi connectivity index (χ1n) is 13.5. The molecule has 2 N–H and O–H groups in total. The molecule has 0 radical (unpaired) electrons. The van der Waals surface area contributed by atoms with Gasteiger partial charge in [0.2, 0.25) is 11.7 Å². The van der Waals surface area contributed by atoms with Crippen molar-refractivity contribution in [3.05, 3.63) is 107 Å². The first-order chi connectivity index (χ1) is 18.9. The number of carbonyl (C=O) groups is 3. The third-order valence-corrected chi connectivity index (χ3v) is 7.54. The molecule has 1 amide bonds. The Bertz CT molecular complexity index is 1380. The fourth-order valence-corrected chi connectivity index (χ4v) is 5.37. The molecule has 3 aromatic rings. The standard InChI is InChI=1S/C32H32N2O5/c1-2-22(17-20-7-4-3-5-8-20)31-30(37)29(36)28(32(38)39-31)27(23-11-12-23)24-9-6-10-25(19-24)34-26(35)18-21-13-15-33-16-14-21/h3-10,13-16,19,22-23,27,31,36H,2,11-12,17-18H2,1H3,(H,34,35). The van der Waals surface area contributed by atoms with Gasteiger partial charge in [0.15, 0.2) is 11.9 Å². The van der Waals surface area contributed by atoms with Crippen LogP contribution >= 0.6 is 0 Å². The summed E-state index contributed by atoms with van der Waals surface area (Å²) in [6.07, 6.45) is 5.39. The van der Waals surface area contributed by atoms with E-state index in [1.165, 1.54) is 0 Å². The van der Waals surface area contributed by atoms with Crippen LogP contribution in [0.1, 0.15) is 48.8 Å². The lowest BCUT2D eigenvalue weighted by molar-refractivity contribution is -0.158. The normalized spacial score (nSPS) is 18.8. The van der Waals surface area contributed by atoms with Gasteiger partial charge < -0.3 is 15.2 Å². The molecule has 0 saturated heterocycles. The van der Waals surface area contributed by atoms with Crippen LogP contribution in [0.25, 0.3) is 0 Å². The van der Waals surface area contributed by atoms with E-state index in [2.05, 4.69) is 10.3 Å². The number of pyridine rings is 1. The zero-order valence-corrected chi connectivity index (χ0v) is 21.9. The van der Waals surface area contributed by atoms with Crippen molar-refractivity contribution in [1.29, 1.82) is 0 Å². The Kier molecular flexibility index (Phi) is 7.87. The number of aromatic nitrogens is 1. The molecule has 2 aliphatic rings. The molecule has 3 unspecified atom stereocenters. The molecule has 1 saturated carbocycles. The van der Waals surface area contributed by atoms with Crippen LogP contribution < -0.4 is 5.32 Å². The highest BCUT2D eigenvalue weighted by Crippen LogP contribution is 2.49. The van der Waals surface area contributed by atoms with Gasteiger partial charge in [0.1, 0.15) is 0 Å². The van der Waals surface area contributed by atoms with Gasteiger partial charge in [0.25, 0.3) is 0 Å². The summed E-state index contributed by atoms with van der Waals surface area (Å²) in [5.74, 6) is -2.49. The van der Waals surface area contributed by atoms with E-state index in [-0.39, 0.29) is 29.7 Å². The zero-order chi connectivity index (χ0) is 27.4. The van der Waals surface area contributed by atoms with Crippen molar-refractivity contribution in [3.63, 3.8) is 0 Å². The van der Waals surface area contributed by atoms with Crippen LogP contribution in [-0.4, -0.2) is 33.9 Å². The molecule has 1 aromatic heterocycles. The number of ether oxygens (including phenoxy) is 1. The highest BCUT2D eigenvalue weighted by Gasteiger charge is 2.47. The minimum atomic E-state index is -1.02. The van der Waals surface area contributed by atoms with Crippen LogP contribution in [0.15, 0.2) is 90.5 Å². The molecule has 200 valence electrons. The SMILES string of the molecule is CCC(Cc1ccccc1)C1OC(=O)C(C(c2cccc(NC(=O)Cc3ccncc3)c2)C2CC2)=C(O)C1=O. The minimum Gasteiger partial charge on any atom is -0.504 e. The van der Waals surface area contributed by atoms with Crippen LogP contribution in [-0.2, 0) is 32.0 Å². The van der Waals surface area contributed by atoms with Crippen LogP contribution in [0.4, 0.5) is 5.69 Å². The maximum Gasteiger partial charge on any atom is 0.339 e. The molecule has 1 aliphatic carbocycles. The van der Waals surface area contributed by atoms with Crippen molar-refractivity contribution in [1.82, 2.24) is 4.98 Å². The van der Waals surface area contributed by atoms with Gasteiger partial charge in [0.05, 0.1) is 12.0 Å². The maximum atomic E-state index is 13.4. The number of anilines is 1. The highest BCUT2D eigenvalue weighted by atomic mass is 16.6. The van der Waals surface area contributed by atoms with E-state index in [1.807, 2.05) is 49.4 Å². The summed E-state index contributed by atoms with van der Waals surface area (Å²) >= 11 is 0. The molecule has 1 fully saturated rings. The number of nitrogens with one attached hydrogen (secondary N) is 1. The van der Waals surface area contributed by atoms with Crippen molar-refractivity contribution < 1.29 is 24.2 Å². The Morgan fingerprint density at radius 3 is 2.46 bits per heavy atom. The second-order valence-electron chi connectivity index (χ2n) is 10.3. The Morgan fingerprint density at radius 1 is 1.03 bits per heavy atom. The topological polar surface area (TPSA) is 106 Å². The van der Waals surface area contributed by atoms with Gasteiger partial charge in [0, 0.05) is 29.9 Å². The summed E-state index contributed by atoms with van der Waals surface area (Å²) in [6.45, 7) is 1.95. The average Bonchev–Trinajstić information content (AvgIpc) is 3.78. The highest BCUT2D eigenvalue weighted by molar-refractivity contribution is 6.09. The summed E-state index contributed by atoms with van der Waals surface area (Å²) < 4.78 is 5.77. The molecule has 7 nitrogen and oxygen atoms in total. The number of aliphatic hydroxyl groups is 1. The Labute approximate surface area is 227 Å². The van der Waals surface area contributed by atoms with Gasteiger partial charge in [-0.1, -0.05) is 49.4 Å². The summed E-state index contributed by atoms with van der Waals surface area (Å²) in [6, 6.07) is 20.6. The Balaban J connectivity index is 1.37. The quantitative estimate of drug-likeness (QED) is 0.347. The van der Waals surface area contributed by atoms with E-state index in [4.69, 9.17) is 4.74 Å². The summed E-state index contributed by atoms with van der Waals surface area (Å²) in [7, 11) is 0. The lowest BCUT2D eigenvalue weighted by Crippen LogP contribution is -2.42. The molecule has 5 rings (SSSR count). The van der Waals surface area contributed by atoms with Gasteiger partial charge >= 0.3 is 5.97 Å². The van der Waals surface area contributed by atoms with Crippen molar-refractivity contribution >= 4 is 23.3 Å². The van der Waals surface area contributed by atoms with Gasteiger partial charge in [-0.2, -0.15) is 0 Å². The van der Waals surface area contributed by atoms with E-state index in [0.717, 1.165) is 29.5 Å². The number of Topliss-reactive ketones (excluding diaryl/α,β-unsaturated/α-hetero) is 1. The first-order valence-corrected chi connectivity index (χ1v) is 13.5. The predicted octanol–water partition coefficient (Wildman–Crippen LogP) is 5.33. The van der Waals surface area contributed by atoms with Crippen molar-refractivity contribution in [3.8, 4) is 0 Å². The number of nitrogens with zero attached hydrogens (tertiary/aromatic N) is 1. The summed E-state index contributed by atoms with van der Waals surface area (Å²) in [5, 5.41) is 14.0. The molecule has 0 spiro atoms. The van der Waals surface area contributed by atoms with Crippen LogP contribution in [0.2, 0.25) is 0 Å². The number of cyclic esters (lactones) is 1. The number of amides is 1. The smallest absolute Gasteiger partial charge is 0.339 e. The molecular formula is C32H32N2O5. The maximum absolute atomic E-state index is 13.4. The van der Waals surface area contributed by atoms with E-state index in [1.54, 1.807) is 36.7 Å². The van der Waals surface area contributed by atoms with Crippen molar-refractivity contribution in [2.24, 2.45) is 11.8 Å². The Hall–Kier alpha value is -4.26. The number of benzene rings is 2. The number of hydrogen-bond donors (Lipinski definition) is 2. The fourth-order valence-electron chi connectivity index (χ4n) is 5.37. The van der Waals surface area contributed by atoms with Gasteiger partial charge in [-0.3, -0.25) is 14.6 Å². The largest absolute Gasteiger partial charge is 0.504 e. The second-order valence-corrected chi connectivity index (χ2v) is 10.3. The van der Waals surface area contributed by atoms with Gasteiger partial charge in [-0.15, -0.1) is 0 Å². The van der Waals surface area contributed by atoms with Gasteiger partial charge in [-0.05, 0) is 72.6 Å². The number of esters is 1. The number of carbonyl (C=O) groups excluding carboxylic acids is 3. The van der Waals surface area contributed by atoms with E-state index in [9.17, 15) is 19.5 Å². The van der Waals surface area contributed by atoms with E-state index >= 15 is 0 Å². The molecule has 7 heteroatoms.